The lowest BCUT2D eigenvalue weighted by Crippen LogP contribution is -2.27. The van der Waals surface area contributed by atoms with Crippen LogP contribution in [-0.4, -0.2) is 26.9 Å². The summed E-state index contributed by atoms with van der Waals surface area (Å²) >= 11 is 0. The second kappa shape index (κ2) is 6.72. The highest BCUT2D eigenvalue weighted by atomic mass is 32.2. The van der Waals surface area contributed by atoms with Crippen LogP contribution in [0.1, 0.15) is 22.3 Å². The fourth-order valence-electron chi connectivity index (χ4n) is 2.84. The number of benzene rings is 2. The van der Waals surface area contributed by atoms with Gasteiger partial charge in [-0.1, -0.05) is 29.8 Å². The molecule has 0 heterocycles. The standard InChI is InChI=1S/C18H23NO3S/c1-13-9-14(2)18(15(3)10-13)23(20,21)19(4)12-16-7-6-8-17(11-16)22-5/h6-11H,12H2,1-5H3. The number of nitrogens with zero attached hydrogens (tertiary/aromatic N) is 1. The van der Waals surface area contributed by atoms with Crippen molar-refractivity contribution in [3.63, 3.8) is 0 Å². The number of methoxy groups -OCH3 is 1. The van der Waals surface area contributed by atoms with E-state index in [0.717, 1.165) is 28.0 Å². The maximum atomic E-state index is 12.9. The van der Waals surface area contributed by atoms with Crippen molar-refractivity contribution in [2.75, 3.05) is 14.2 Å². The normalized spacial score (nSPS) is 11.7. The van der Waals surface area contributed by atoms with E-state index in [1.54, 1.807) is 14.2 Å². The zero-order valence-corrected chi connectivity index (χ0v) is 15.1. The molecule has 0 aromatic heterocycles. The van der Waals surface area contributed by atoms with Crippen molar-refractivity contribution in [3.05, 3.63) is 58.7 Å². The molecular formula is C18H23NO3S. The topological polar surface area (TPSA) is 46.6 Å². The van der Waals surface area contributed by atoms with Crippen molar-refractivity contribution in [2.45, 2.75) is 32.2 Å². The molecular weight excluding hydrogens is 310 g/mol. The molecule has 2 rings (SSSR count). The Morgan fingerprint density at radius 3 is 2.22 bits per heavy atom. The van der Waals surface area contributed by atoms with Gasteiger partial charge in [0.25, 0.3) is 0 Å². The van der Waals surface area contributed by atoms with Crippen molar-refractivity contribution >= 4 is 10.0 Å². The highest BCUT2D eigenvalue weighted by molar-refractivity contribution is 7.89. The van der Waals surface area contributed by atoms with Crippen LogP contribution in [0.4, 0.5) is 0 Å². The highest BCUT2D eigenvalue weighted by Crippen LogP contribution is 2.26. The molecule has 2 aromatic carbocycles. The lowest BCUT2D eigenvalue weighted by molar-refractivity contribution is 0.412. The molecule has 124 valence electrons. The zero-order chi connectivity index (χ0) is 17.2. The summed E-state index contributed by atoms with van der Waals surface area (Å²) in [4.78, 5) is 0.397. The Morgan fingerprint density at radius 1 is 1.04 bits per heavy atom. The number of sulfonamides is 1. The molecule has 0 fully saturated rings. The van der Waals surface area contributed by atoms with E-state index in [0.29, 0.717) is 11.4 Å². The largest absolute Gasteiger partial charge is 0.497 e. The molecule has 0 bridgehead atoms. The van der Waals surface area contributed by atoms with Gasteiger partial charge in [-0.05, 0) is 49.6 Å². The molecule has 0 saturated carbocycles. The first-order chi connectivity index (χ1) is 10.8. The maximum absolute atomic E-state index is 12.9. The van der Waals surface area contributed by atoms with E-state index in [9.17, 15) is 8.42 Å². The zero-order valence-electron chi connectivity index (χ0n) is 14.3. The predicted octanol–water partition coefficient (Wildman–Crippen LogP) is 3.44. The van der Waals surface area contributed by atoms with Crippen LogP contribution >= 0.6 is 0 Å². The maximum Gasteiger partial charge on any atom is 0.243 e. The van der Waals surface area contributed by atoms with Crippen LogP contribution < -0.4 is 4.74 Å². The van der Waals surface area contributed by atoms with Crippen LogP contribution in [0.3, 0.4) is 0 Å². The van der Waals surface area contributed by atoms with Gasteiger partial charge in [-0.15, -0.1) is 0 Å². The monoisotopic (exact) mass is 333 g/mol. The summed E-state index contributed by atoms with van der Waals surface area (Å²) in [5.41, 5.74) is 3.51. The van der Waals surface area contributed by atoms with Crippen molar-refractivity contribution in [1.29, 1.82) is 0 Å². The van der Waals surface area contributed by atoms with Gasteiger partial charge in [-0.2, -0.15) is 4.31 Å². The molecule has 0 aliphatic carbocycles. The summed E-state index contributed by atoms with van der Waals surface area (Å²) in [5, 5.41) is 0. The van der Waals surface area contributed by atoms with Gasteiger partial charge in [0, 0.05) is 13.6 Å². The van der Waals surface area contributed by atoms with Gasteiger partial charge in [0.1, 0.15) is 5.75 Å². The van der Waals surface area contributed by atoms with Gasteiger partial charge < -0.3 is 4.74 Å². The van der Waals surface area contributed by atoms with E-state index in [4.69, 9.17) is 4.74 Å². The van der Waals surface area contributed by atoms with Crippen molar-refractivity contribution in [3.8, 4) is 5.75 Å². The molecule has 2 aromatic rings. The molecule has 0 N–H and O–H groups in total. The van der Waals surface area contributed by atoms with E-state index >= 15 is 0 Å². The second-order valence-corrected chi connectivity index (χ2v) is 7.82. The Labute approximate surface area is 138 Å². The summed E-state index contributed by atoms with van der Waals surface area (Å²) in [6.07, 6.45) is 0. The lowest BCUT2D eigenvalue weighted by atomic mass is 10.1. The third kappa shape index (κ3) is 3.74. The number of hydrogen-bond acceptors (Lipinski definition) is 3. The van der Waals surface area contributed by atoms with E-state index in [2.05, 4.69) is 0 Å². The fraction of sp³-hybridized carbons (Fsp3) is 0.333. The van der Waals surface area contributed by atoms with Crippen LogP contribution in [0, 0.1) is 20.8 Å². The number of hydrogen-bond donors (Lipinski definition) is 0. The minimum Gasteiger partial charge on any atom is -0.497 e. The van der Waals surface area contributed by atoms with Crippen LogP contribution in [-0.2, 0) is 16.6 Å². The van der Waals surface area contributed by atoms with Crippen LogP contribution in [0.25, 0.3) is 0 Å². The molecule has 0 saturated heterocycles. The Kier molecular flexibility index (Phi) is 5.12. The van der Waals surface area contributed by atoms with Gasteiger partial charge in [-0.25, -0.2) is 8.42 Å². The van der Waals surface area contributed by atoms with E-state index < -0.39 is 10.0 Å². The smallest absolute Gasteiger partial charge is 0.243 e. The van der Waals surface area contributed by atoms with Crippen LogP contribution in [0.15, 0.2) is 41.3 Å². The number of aryl methyl sites for hydroxylation is 3. The average Bonchev–Trinajstić information content (AvgIpc) is 2.45. The van der Waals surface area contributed by atoms with Gasteiger partial charge in [-0.3, -0.25) is 0 Å². The fourth-order valence-corrected chi connectivity index (χ4v) is 4.40. The van der Waals surface area contributed by atoms with Gasteiger partial charge >= 0.3 is 0 Å². The van der Waals surface area contributed by atoms with Gasteiger partial charge in [0.05, 0.1) is 12.0 Å². The number of rotatable bonds is 5. The van der Waals surface area contributed by atoms with E-state index in [1.165, 1.54) is 4.31 Å². The average molecular weight is 333 g/mol. The molecule has 0 radical (unpaired) electrons. The highest BCUT2D eigenvalue weighted by Gasteiger charge is 2.25. The third-order valence-corrected chi connectivity index (χ3v) is 5.92. The summed E-state index contributed by atoms with van der Waals surface area (Å²) < 4.78 is 32.4. The van der Waals surface area contributed by atoms with Gasteiger partial charge in [0.2, 0.25) is 10.0 Å². The van der Waals surface area contributed by atoms with Crippen LogP contribution in [0.5, 0.6) is 5.75 Å². The molecule has 0 aliphatic rings. The minimum atomic E-state index is -3.54. The first-order valence-electron chi connectivity index (χ1n) is 7.43. The summed E-state index contributed by atoms with van der Waals surface area (Å²) in [7, 11) is -0.342. The molecule has 0 unspecified atom stereocenters. The predicted molar refractivity (Wildman–Crippen MR) is 92.3 cm³/mol. The SMILES string of the molecule is COc1cccc(CN(C)S(=O)(=O)c2c(C)cc(C)cc2C)c1. The number of ether oxygens (including phenoxy) is 1. The molecule has 0 amide bonds. The summed E-state index contributed by atoms with van der Waals surface area (Å²) in [6.45, 7) is 5.95. The third-order valence-electron chi connectivity index (χ3n) is 3.81. The second-order valence-electron chi connectivity index (χ2n) is 5.84. The Bertz CT molecular complexity index is 790. The molecule has 23 heavy (non-hydrogen) atoms. The molecule has 0 atom stereocenters. The minimum absolute atomic E-state index is 0.298. The molecule has 0 aliphatic heterocycles. The first-order valence-corrected chi connectivity index (χ1v) is 8.87. The van der Waals surface area contributed by atoms with Gasteiger partial charge in [0.15, 0.2) is 0 Å². The first kappa shape index (κ1) is 17.5. The lowest BCUT2D eigenvalue weighted by Gasteiger charge is -2.21. The van der Waals surface area contributed by atoms with Crippen molar-refractivity contribution < 1.29 is 13.2 Å². The summed E-state index contributed by atoms with van der Waals surface area (Å²) in [5.74, 6) is 0.719. The molecule has 5 heteroatoms. The Balaban J connectivity index is 2.36. The quantitative estimate of drug-likeness (QED) is 0.842. The Morgan fingerprint density at radius 2 is 1.65 bits per heavy atom. The van der Waals surface area contributed by atoms with Crippen molar-refractivity contribution in [1.82, 2.24) is 4.31 Å². The molecule has 0 spiro atoms. The summed E-state index contributed by atoms with van der Waals surface area (Å²) in [6, 6.07) is 11.2. The van der Waals surface area contributed by atoms with Crippen LogP contribution in [0.2, 0.25) is 0 Å². The van der Waals surface area contributed by atoms with Crippen molar-refractivity contribution in [2.24, 2.45) is 0 Å². The van der Waals surface area contributed by atoms with E-state index in [-0.39, 0.29) is 0 Å². The molecule has 4 nitrogen and oxygen atoms in total. The Hall–Kier alpha value is -1.85. The van der Waals surface area contributed by atoms with E-state index in [1.807, 2.05) is 57.2 Å².